The molecule has 1 fully saturated rings. The maximum absolute atomic E-state index is 9.50. The van der Waals surface area contributed by atoms with E-state index in [0.717, 1.165) is 25.0 Å². The second-order valence-electron chi connectivity index (χ2n) is 5.11. The third-order valence-corrected chi connectivity index (χ3v) is 3.82. The number of nitrogens with one attached hydrogen (secondary N) is 1. The summed E-state index contributed by atoms with van der Waals surface area (Å²) in [7, 11) is 1.70. The summed E-state index contributed by atoms with van der Waals surface area (Å²) in [6.45, 7) is 2.72. The molecule has 0 bridgehead atoms. The van der Waals surface area contributed by atoms with Crippen LogP contribution >= 0.6 is 0 Å². The lowest BCUT2D eigenvalue weighted by Gasteiger charge is -2.37. The van der Waals surface area contributed by atoms with E-state index in [9.17, 15) is 5.11 Å². The highest BCUT2D eigenvalue weighted by Gasteiger charge is 2.30. The first-order chi connectivity index (χ1) is 8.72. The molecular weight excluding hydrogens is 226 g/mol. The molecule has 0 heterocycles. The van der Waals surface area contributed by atoms with E-state index in [1.807, 2.05) is 13.0 Å². The summed E-state index contributed by atoms with van der Waals surface area (Å²) >= 11 is 0. The van der Waals surface area contributed by atoms with E-state index in [0.29, 0.717) is 18.5 Å². The molecule has 2 N–H and O–H groups in total. The highest BCUT2D eigenvalue weighted by molar-refractivity contribution is 5.32. The first kappa shape index (κ1) is 13.4. The molecule has 1 saturated carbocycles. The second-order valence-corrected chi connectivity index (χ2v) is 5.11. The van der Waals surface area contributed by atoms with Gasteiger partial charge in [-0.05, 0) is 42.9 Å². The average Bonchev–Trinajstić information content (AvgIpc) is 2.36. The molecule has 0 saturated heterocycles. The Labute approximate surface area is 109 Å². The average molecular weight is 249 g/mol. The Balaban J connectivity index is 1.78. The molecule has 1 aliphatic carbocycles. The van der Waals surface area contributed by atoms with Crippen LogP contribution in [0.5, 0.6) is 5.75 Å². The van der Waals surface area contributed by atoms with Gasteiger partial charge in [-0.1, -0.05) is 19.1 Å². The third-order valence-electron chi connectivity index (χ3n) is 3.82. The Morgan fingerprint density at radius 1 is 1.44 bits per heavy atom. The van der Waals surface area contributed by atoms with Crippen LogP contribution in [-0.2, 0) is 0 Å². The number of hydrogen-bond acceptors (Lipinski definition) is 3. The molecular formula is C15H23NO2. The largest absolute Gasteiger partial charge is 0.497 e. The lowest BCUT2D eigenvalue weighted by Crippen LogP contribution is -2.43. The lowest BCUT2D eigenvalue weighted by molar-refractivity contribution is 0.151. The Morgan fingerprint density at radius 2 is 2.22 bits per heavy atom. The van der Waals surface area contributed by atoms with Crippen molar-refractivity contribution in [1.82, 2.24) is 5.32 Å². The summed E-state index contributed by atoms with van der Waals surface area (Å²) in [6, 6.07) is 8.89. The van der Waals surface area contributed by atoms with Gasteiger partial charge < -0.3 is 15.2 Å². The topological polar surface area (TPSA) is 41.5 Å². The summed E-state index contributed by atoms with van der Waals surface area (Å²) < 4.78 is 5.25. The van der Waals surface area contributed by atoms with E-state index in [1.54, 1.807) is 7.11 Å². The Hall–Kier alpha value is -1.06. The van der Waals surface area contributed by atoms with Crippen molar-refractivity contribution in [3.8, 4) is 5.75 Å². The zero-order valence-corrected chi connectivity index (χ0v) is 11.2. The van der Waals surface area contributed by atoms with E-state index in [-0.39, 0.29) is 6.10 Å². The minimum atomic E-state index is -0.208. The van der Waals surface area contributed by atoms with E-state index in [2.05, 4.69) is 23.5 Å². The Kier molecular flexibility index (Phi) is 4.61. The molecule has 100 valence electrons. The van der Waals surface area contributed by atoms with Crippen LogP contribution in [-0.4, -0.2) is 30.9 Å². The quantitative estimate of drug-likeness (QED) is 0.813. The fourth-order valence-electron chi connectivity index (χ4n) is 2.40. The summed E-state index contributed by atoms with van der Waals surface area (Å²) in [5.74, 6) is 1.57. The van der Waals surface area contributed by atoms with Gasteiger partial charge in [0.15, 0.2) is 0 Å². The highest BCUT2D eigenvalue weighted by atomic mass is 16.5. The van der Waals surface area contributed by atoms with Crippen molar-refractivity contribution >= 4 is 0 Å². The molecule has 1 unspecified atom stereocenters. The number of rotatable bonds is 6. The summed E-state index contributed by atoms with van der Waals surface area (Å²) in [4.78, 5) is 0. The van der Waals surface area contributed by atoms with Gasteiger partial charge in [0, 0.05) is 12.6 Å². The van der Waals surface area contributed by atoms with Crippen LogP contribution in [0.15, 0.2) is 24.3 Å². The first-order valence-corrected chi connectivity index (χ1v) is 6.78. The monoisotopic (exact) mass is 249 g/mol. The first-order valence-electron chi connectivity index (χ1n) is 6.78. The second kappa shape index (κ2) is 6.21. The molecule has 0 aromatic heterocycles. The van der Waals surface area contributed by atoms with Crippen LogP contribution in [0.1, 0.15) is 37.7 Å². The molecule has 3 heteroatoms. The van der Waals surface area contributed by atoms with Crippen LogP contribution in [0.25, 0.3) is 0 Å². The predicted octanol–water partition coefficient (Wildman–Crippen LogP) is 2.30. The normalized spacial score (nSPS) is 24.4. The zero-order chi connectivity index (χ0) is 13.0. The van der Waals surface area contributed by atoms with Gasteiger partial charge in [0.05, 0.1) is 13.2 Å². The maximum Gasteiger partial charge on any atom is 0.119 e. The summed E-state index contributed by atoms with van der Waals surface area (Å²) in [5.41, 5.74) is 1.36. The van der Waals surface area contributed by atoms with Gasteiger partial charge in [-0.2, -0.15) is 0 Å². The third kappa shape index (κ3) is 3.24. The van der Waals surface area contributed by atoms with Gasteiger partial charge in [-0.15, -0.1) is 0 Å². The SMILES string of the molecule is CCC(O)CNC1CC(c2cccc(OC)c2)C1. The summed E-state index contributed by atoms with van der Waals surface area (Å²) in [5, 5.41) is 12.9. The van der Waals surface area contributed by atoms with E-state index >= 15 is 0 Å². The van der Waals surface area contributed by atoms with Crippen molar-refractivity contribution in [3.05, 3.63) is 29.8 Å². The molecule has 1 atom stereocenters. The summed E-state index contributed by atoms with van der Waals surface area (Å²) in [6.07, 6.45) is 2.92. The molecule has 1 aromatic carbocycles. The fraction of sp³-hybridized carbons (Fsp3) is 0.600. The Morgan fingerprint density at radius 3 is 2.89 bits per heavy atom. The Bertz CT molecular complexity index is 375. The number of methoxy groups -OCH3 is 1. The number of aliphatic hydroxyl groups excluding tert-OH is 1. The molecule has 0 aliphatic heterocycles. The molecule has 0 spiro atoms. The van der Waals surface area contributed by atoms with Crippen molar-refractivity contribution in [2.45, 2.75) is 44.2 Å². The van der Waals surface area contributed by atoms with Crippen molar-refractivity contribution in [2.24, 2.45) is 0 Å². The molecule has 18 heavy (non-hydrogen) atoms. The number of hydrogen-bond donors (Lipinski definition) is 2. The zero-order valence-electron chi connectivity index (χ0n) is 11.2. The van der Waals surface area contributed by atoms with Crippen LogP contribution in [0.2, 0.25) is 0 Å². The van der Waals surface area contributed by atoms with Crippen LogP contribution < -0.4 is 10.1 Å². The lowest BCUT2D eigenvalue weighted by atomic mass is 9.76. The van der Waals surface area contributed by atoms with Gasteiger partial charge >= 0.3 is 0 Å². The van der Waals surface area contributed by atoms with Crippen molar-refractivity contribution in [3.63, 3.8) is 0 Å². The smallest absolute Gasteiger partial charge is 0.119 e. The van der Waals surface area contributed by atoms with Crippen molar-refractivity contribution in [1.29, 1.82) is 0 Å². The number of benzene rings is 1. The van der Waals surface area contributed by atoms with Gasteiger partial charge in [0.25, 0.3) is 0 Å². The molecule has 0 amide bonds. The highest BCUT2D eigenvalue weighted by Crippen LogP contribution is 2.37. The van der Waals surface area contributed by atoms with Crippen LogP contribution in [0.4, 0.5) is 0 Å². The maximum atomic E-state index is 9.50. The molecule has 0 radical (unpaired) electrons. The molecule has 2 rings (SSSR count). The van der Waals surface area contributed by atoms with Gasteiger partial charge in [-0.3, -0.25) is 0 Å². The van der Waals surface area contributed by atoms with E-state index in [1.165, 1.54) is 5.56 Å². The van der Waals surface area contributed by atoms with Crippen molar-refractivity contribution < 1.29 is 9.84 Å². The minimum Gasteiger partial charge on any atom is -0.497 e. The van der Waals surface area contributed by atoms with E-state index in [4.69, 9.17) is 4.74 Å². The van der Waals surface area contributed by atoms with Gasteiger partial charge in [0.1, 0.15) is 5.75 Å². The van der Waals surface area contributed by atoms with E-state index < -0.39 is 0 Å². The van der Waals surface area contributed by atoms with Crippen molar-refractivity contribution in [2.75, 3.05) is 13.7 Å². The predicted molar refractivity (Wildman–Crippen MR) is 73.1 cm³/mol. The molecule has 3 nitrogen and oxygen atoms in total. The molecule has 1 aromatic rings. The van der Waals surface area contributed by atoms with Gasteiger partial charge in [-0.25, -0.2) is 0 Å². The number of aliphatic hydroxyl groups is 1. The van der Waals surface area contributed by atoms with Gasteiger partial charge in [0.2, 0.25) is 0 Å². The fourth-order valence-corrected chi connectivity index (χ4v) is 2.40. The van der Waals surface area contributed by atoms with Crippen LogP contribution in [0.3, 0.4) is 0 Å². The number of ether oxygens (including phenoxy) is 1. The minimum absolute atomic E-state index is 0.208. The molecule has 1 aliphatic rings. The standard InChI is InChI=1S/C15H23NO2/c1-3-14(17)10-16-13-7-12(8-13)11-5-4-6-15(9-11)18-2/h4-6,9,12-14,16-17H,3,7-8,10H2,1-2H3. The van der Waals surface area contributed by atoms with Crippen LogP contribution in [0, 0.1) is 0 Å².